The van der Waals surface area contributed by atoms with E-state index in [9.17, 15) is 9.59 Å². The Bertz CT molecular complexity index is 877. The zero-order valence-electron chi connectivity index (χ0n) is 21.4. The van der Waals surface area contributed by atoms with Gasteiger partial charge in [-0.25, -0.2) is 10.9 Å². The van der Waals surface area contributed by atoms with Crippen LogP contribution in [0.5, 0.6) is 11.5 Å². The SMILES string of the molecule is COc1ccc(/C=N/NC(=O)CCCCCCCCCCC(=O)N/N=C/c2ccc(OC)cc2)cc1. The van der Waals surface area contributed by atoms with Gasteiger partial charge in [0.05, 0.1) is 26.6 Å². The van der Waals surface area contributed by atoms with Crippen molar-refractivity contribution < 1.29 is 19.1 Å². The van der Waals surface area contributed by atoms with E-state index in [1.165, 1.54) is 0 Å². The monoisotopic (exact) mass is 494 g/mol. The third-order valence-electron chi connectivity index (χ3n) is 5.60. The predicted octanol–water partition coefficient (Wildman–Crippen LogP) is 5.21. The average molecular weight is 495 g/mol. The first-order valence-corrected chi connectivity index (χ1v) is 12.5. The van der Waals surface area contributed by atoms with E-state index in [1.54, 1.807) is 26.6 Å². The lowest BCUT2D eigenvalue weighted by molar-refractivity contribution is -0.122. The number of carbonyl (C=O) groups is 2. The van der Waals surface area contributed by atoms with Crippen LogP contribution in [-0.4, -0.2) is 38.5 Å². The van der Waals surface area contributed by atoms with Crippen molar-refractivity contribution in [3.05, 3.63) is 59.7 Å². The molecule has 2 rings (SSSR count). The van der Waals surface area contributed by atoms with Gasteiger partial charge in [0.25, 0.3) is 0 Å². The van der Waals surface area contributed by atoms with Gasteiger partial charge in [0.1, 0.15) is 11.5 Å². The second kappa shape index (κ2) is 17.7. The molecule has 8 heteroatoms. The summed E-state index contributed by atoms with van der Waals surface area (Å²) in [7, 11) is 3.24. The quantitative estimate of drug-likeness (QED) is 0.179. The summed E-state index contributed by atoms with van der Waals surface area (Å²) in [6, 6.07) is 14.9. The van der Waals surface area contributed by atoms with Gasteiger partial charge in [-0.15, -0.1) is 0 Å². The molecule has 0 aromatic heterocycles. The fourth-order valence-corrected chi connectivity index (χ4v) is 3.48. The smallest absolute Gasteiger partial charge is 0.240 e. The first-order valence-electron chi connectivity index (χ1n) is 12.5. The first-order chi connectivity index (χ1) is 17.6. The third kappa shape index (κ3) is 12.7. The lowest BCUT2D eigenvalue weighted by atomic mass is 10.1. The summed E-state index contributed by atoms with van der Waals surface area (Å²) in [6.07, 6.45) is 12.5. The minimum atomic E-state index is -0.0635. The Hall–Kier alpha value is -3.68. The number of ether oxygens (including phenoxy) is 2. The second-order valence-corrected chi connectivity index (χ2v) is 8.46. The molecule has 0 fully saturated rings. The van der Waals surface area contributed by atoms with Crippen molar-refractivity contribution in [1.29, 1.82) is 0 Å². The van der Waals surface area contributed by atoms with Gasteiger partial charge in [-0.3, -0.25) is 9.59 Å². The summed E-state index contributed by atoms with van der Waals surface area (Å²) in [5.74, 6) is 1.44. The Morgan fingerprint density at radius 1 is 0.611 bits per heavy atom. The highest BCUT2D eigenvalue weighted by atomic mass is 16.5. The number of rotatable bonds is 17. The van der Waals surface area contributed by atoms with Gasteiger partial charge in [0.15, 0.2) is 0 Å². The number of hydrazone groups is 2. The molecule has 0 saturated carbocycles. The van der Waals surface area contributed by atoms with Crippen molar-refractivity contribution in [2.45, 2.75) is 64.2 Å². The van der Waals surface area contributed by atoms with E-state index in [0.717, 1.165) is 74.0 Å². The van der Waals surface area contributed by atoms with Crippen LogP contribution in [0.25, 0.3) is 0 Å². The minimum Gasteiger partial charge on any atom is -0.497 e. The molecular weight excluding hydrogens is 456 g/mol. The van der Waals surface area contributed by atoms with Crippen molar-refractivity contribution in [2.75, 3.05) is 14.2 Å². The Morgan fingerprint density at radius 2 is 0.944 bits per heavy atom. The van der Waals surface area contributed by atoms with Gasteiger partial charge in [-0.2, -0.15) is 10.2 Å². The molecule has 0 unspecified atom stereocenters. The molecule has 194 valence electrons. The van der Waals surface area contributed by atoms with E-state index in [1.807, 2.05) is 48.5 Å². The summed E-state index contributed by atoms with van der Waals surface area (Å²) >= 11 is 0. The van der Waals surface area contributed by atoms with Crippen LogP contribution in [0.4, 0.5) is 0 Å². The molecule has 0 aliphatic carbocycles. The summed E-state index contributed by atoms with van der Waals surface area (Å²) < 4.78 is 10.2. The fraction of sp³-hybridized carbons (Fsp3) is 0.429. The lowest BCUT2D eigenvalue weighted by Gasteiger charge is -2.03. The average Bonchev–Trinajstić information content (AvgIpc) is 2.90. The van der Waals surface area contributed by atoms with Crippen LogP contribution < -0.4 is 20.3 Å². The molecule has 0 radical (unpaired) electrons. The number of benzene rings is 2. The molecular formula is C28H38N4O4. The van der Waals surface area contributed by atoms with Crippen LogP contribution in [0.3, 0.4) is 0 Å². The molecule has 0 atom stereocenters. The van der Waals surface area contributed by atoms with Crippen molar-refractivity contribution in [1.82, 2.24) is 10.9 Å². The number of carbonyl (C=O) groups excluding carboxylic acids is 2. The predicted molar refractivity (Wildman–Crippen MR) is 144 cm³/mol. The van der Waals surface area contributed by atoms with Gasteiger partial charge in [-0.1, -0.05) is 38.5 Å². The number of hydrogen-bond acceptors (Lipinski definition) is 6. The molecule has 0 aliphatic heterocycles. The first kappa shape index (κ1) is 28.6. The zero-order valence-corrected chi connectivity index (χ0v) is 21.4. The van der Waals surface area contributed by atoms with Crippen LogP contribution in [0.2, 0.25) is 0 Å². The molecule has 2 amide bonds. The molecule has 0 spiro atoms. The fourth-order valence-electron chi connectivity index (χ4n) is 3.48. The Labute approximate surface area is 214 Å². The molecule has 0 bridgehead atoms. The number of nitrogens with one attached hydrogen (secondary N) is 2. The summed E-state index contributed by atoms with van der Waals surface area (Å²) in [5.41, 5.74) is 6.94. The van der Waals surface area contributed by atoms with E-state index in [2.05, 4.69) is 21.1 Å². The van der Waals surface area contributed by atoms with Gasteiger partial charge >= 0.3 is 0 Å². The number of nitrogens with zero attached hydrogens (tertiary/aromatic N) is 2. The minimum absolute atomic E-state index is 0.0635. The standard InChI is InChI=1S/C28H38N4O4/c1-35-25-17-13-23(14-18-25)21-29-31-27(33)11-9-7-5-3-4-6-8-10-12-28(34)32-30-22-24-15-19-26(36-2)20-16-24/h13-22H,3-12H2,1-2H3,(H,31,33)(H,32,34)/b29-21+,30-22+. The van der Waals surface area contributed by atoms with Gasteiger partial charge in [0, 0.05) is 12.8 Å². The number of unbranched alkanes of at least 4 members (excludes halogenated alkanes) is 7. The van der Waals surface area contributed by atoms with Gasteiger partial charge in [0.2, 0.25) is 11.8 Å². The van der Waals surface area contributed by atoms with Crippen molar-refractivity contribution in [2.24, 2.45) is 10.2 Å². The van der Waals surface area contributed by atoms with E-state index in [4.69, 9.17) is 9.47 Å². The van der Waals surface area contributed by atoms with Crippen molar-refractivity contribution >= 4 is 24.2 Å². The summed E-state index contributed by atoms with van der Waals surface area (Å²) in [4.78, 5) is 23.7. The van der Waals surface area contributed by atoms with E-state index in [-0.39, 0.29) is 11.8 Å². The topological polar surface area (TPSA) is 101 Å². The van der Waals surface area contributed by atoms with Gasteiger partial charge < -0.3 is 9.47 Å². The highest BCUT2D eigenvalue weighted by molar-refractivity contribution is 5.83. The van der Waals surface area contributed by atoms with Crippen LogP contribution in [0, 0.1) is 0 Å². The molecule has 0 heterocycles. The molecule has 36 heavy (non-hydrogen) atoms. The van der Waals surface area contributed by atoms with Crippen LogP contribution in [-0.2, 0) is 9.59 Å². The van der Waals surface area contributed by atoms with E-state index < -0.39 is 0 Å². The Kier molecular flexibility index (Phi) is 14.0. The number of hydrogen-bond donors (Lipinski definition) is 2. The molecule has 2 aromatic carbocycles. The maximum Gasteiger partial charge on any atom is 0.240 e. The third-order valence-corrected chi connectivity index (χ3v) is 5.60. The van der Waals surface area contributed by atoms with Crippen molar-refractivity contribution in [3.63, 3.8) is 0 Å². The van der Waals surface area contributed by atoms with E-state index >= 15 is 0 Å². The molecule has 2 aromatic rings. The highest BCUT2D eigenvalue weighted by Crippen LogP contribution is 2.12. The zero-order chi connectivity index (χ0) is 25.8. The Balaban J connectivity index is 1.40. The molecule has 0 aliphatic rings. The van der Waals surface area contributed by atoms with Crippen molar-refractivity contribution in [3.8, 4) is 11.5 Å². The summed E-state index contributed by atoms with van der Waals surface area (Å²) in [5, 5.41) is 7.99. The maximum atomic E-state index is 11.9. The van der Waals surface area contributed by atoms with Gasteiger partial charge in [-0.05, 0) is 72.5 Å². The van der Waals surface area contributed by atoms with Crippen LogP contribution in [0.15, 0.2) is 58.7 Å². The number of methoxy groups -OCH3 is 2. The lowest BCUT2D eigenvalue weighted by Crippen LogP contribution is -2.16. The Morgan fingerprint density at radius 3 is 1.28 bits per heavy atom. The molecule has 0 saturated heterocycles. The van der Waals surface area contributed by atoms with Crippen LogP contribution >= 0.6 is 0 Å². The normalized spacial score (nSPS) is 11.1. The molecule has 2 N–H and O–H groups in total. The van der Waals surface area contributed by atoms with Crippen LogP contribution in [0.1, 0.15) is 75.3 Å². The number of amides is 2. The maximum absolute atomic E-state index is 11.9. The summed E-state index contributed by atoms with van der Waals surface area (Å²) in [6.45, 7) is 0. The molecule has 8 nitrogen and oxygen atoms in total. The van der Waals surface area contributed by atoms with E-state index in [0.29, 0.717) is 12.8 Å². The largest absolute Gasteiger partial charge is 0.497 e. The highest BCUT2D eigenvalue weighted by Gasteiger charge is 2.01. The second-order valence-electron chi connectivity index (χ2n) is 8.46.